The van der Waals surface area contributed by atoms with Crippen molar-refractivity contribution in [1.29, 1.82) is 0 Å². The second kappa shape index (κ2) is 5.25. The highest BCUT2D eigenvalue weighted by atomic mass is 19.1. The largest absolute Gasteiger partial charge is 0.369 e. The van der Waals surface area contributed by atoms with E-state index in [2.05, 4.69) is 9.97 Å². The minimum absolute atomic E-state index is 0.111. The molecule has 0 fully saturated rings. The van der Waals surface area contributed by atoms with E-state index in [1.807, 2.05) is 4.90 Å². The molecule has 2 aromatic rings. The highest BCUT2D eigenvalue weighted by molar-refractivity contribution is 5.27. The van der Waals surface area contributed by atoms with Gasteiger partial charge in [-0.2, -0.15) is 0 Å². The summed E-state index contributed by atoms with van der Waals surface area (Å²) in [5.41, 5.74) is 7.05. The van der Waals surface area contributed by atoms with Crippen molar-refractivity contribution in [2.45, 2.75) is 19.5 Å². The molecule has 1 aromatic heterocycles. The van der Waals surface area contributed by atoms with E-state index in [9.17, 15) is 13.6 Å². The molecule has 0 radical (unpaired) electrons. The van der Waals surface area contributed by atoms with Crippen LogP contribution in [0.25, 0.3) is 0 Å². The summed E-state index contributed by atoms with van der Waals surface area (Å²) in [6.07, 6.45) is 0.585. The molecular weight excluding hydrogens is 278 g/mol. The zero-order valence-corrected chi connectivity index (χ0v) is 11.2. The first-order chi connectivity index (χ1) is 10.0. The van der Waals surface area contributed by atoms with Crippen molar-refractivity contribution in [3.05, 3.63) is 57.0 Å². The number of H-pyrrole nitrogens is 1. The Kier molecular flexibility index (Phi) is 3.42. The molecule has 0 saturated heterocycles. The summed E-state index contributed by atoms with van der Waals surface area (Å²) in [4.78, 5) is 20.4. The minimum atomic E-state index is -0.602. The monoisotopic (exact) mass is 292 g/mol. The zero-order valence-electron chi connectivity index (χ0n) is 11.2. The number of anilines is 1. The van der Waals surface area contributed by atoms with E-state index in [4.69, 9.17) is 5.73 Å². The third-order valence-electron chi connectivity index (χ3n) is 3.49. The van der Waals surface area contributed by atoms with E-state index in [0.29, 0.717) is 42.9 Å². The van der Waals surface area contributed by atoms with Crippen molar-refractivity contribution >= 4 is 5.95 Å². The number of nitrogens with zero attached hydrogens (tertiary/aromatic N) is 2. The Morgan fingerprint density at radius 3 is 2.71 bits per heavy atom. The lowest BCUT2D eigenvalue weighted by Gasteiger charge is -2.27. The van der Waals surface area contributed by atoms with E-state index in [1.165, 1.54) is 12.1 Å². The highest BCUT2D eigenvalue weighted by Gasteiger charge is 2.21. The summed E-state index contributed by atoms with van der Waals surface area (Å²) in [7, 11) is 0. The van der Waals surface area contributed by atoms with Crippen molar-refractivity contribution in [2.75, 3.05) is 12.3 Å². The Morgan fingerprint density at radius 2 is 2.00 bits per heavy atom. The maximum atomic E-state index is 13.2. The number of hydrogen-bond donors (Lipinski definition) is 2. The molecule has 0 saturated carbocycles. The number of halogens is 2. The van der Waals surface area contributed by atoms with Gasteiger partial charge in [-0.3, -0.25) is 14.7 Å². The Morgan fingerprint density at radius 1 is 1.29 bits per heavy atom. The van der Waals surface area contributed by atoms with Gasteiger partial charge in [0.1, 0.15) is 11.6 Å². The summed E-state index contributed by atoms with van der Waals surface area (Å²) in [6.45, 7) is 1.41. The van der Waals surface area contributed by atoms with Gasteiger partial charge in [0.15, 0.2) is 0 Å². The van der Waals surface area contributed by atoms with Crippen LogP contribution in [0.15, 0.2) is 23.0 Å². The fraction of sp³-hybridized carbons (Fsp3) is 0.286. The highest BCUT2D eigenvalue weighted by Crippen LogP contribution is 2.17. The molecule has 0 bridgehead atoms. The number of nitrogens with one attached hydrogen (secondary N) is 1. The van der Waals surface area contributed by atoms with E-state index in [-0.39, 0.29) is 11.5 Å². The van der Waals surface area contributed by atoms with Crippen LogP contribution in [0.5, 0.6) is 0 Å². The Bertz CT molecular complexity index is 724. The number of benzene rings is 1. The molecule has 1 aliphatic rings. The molecule has 3 rings (SSSR count). The fourth-order valence-electron chi connectivity index (χ4n) is 2.60. The first-order valence-corrected chi connectivity index (χ1v) is 6.56. The van der Waals surface area contributed by atoms with Crippen LogP contribution in [0, 0.1) is 11.6 Å². The standard InChI is InChI=1S/C14H14F2N4O/c15-9-3-8(4-10(16)5-9)6-20-2-1-12-11(7-20)13(21)19-14(17)18-12/h3-5H,1-2,6-7H2,(H3,17,18,19,21). The van der Waals surface area contributed by atoms with Crippen LogP contribution in [-0.4, -0.2) is 21.4 Å². The van der Waals surface area contributed by atoms with Crippen molar-refractivity contribution in [2.24, 2.45) is 0 Å². The van der Waals surface area contributed by atoms with Crippen LogP contribution in [0.1, 0.15) is 16.8 Å². The summed E-state index contributed by atoms with van der Waals surface area (Å²) in [5, 5.41) is 0. The second-order valence-electron chi connectivity index (χ2n) is 5.11. The lowest BCUT2D eigenvalue weighted by Crippen LogP contribution is -2.35. The Balaban J connectivity index is 1.82. The second-order valence-corrected chi connectivity index (χ2v) is 5.11. The molecule has 3 N–H and O–H groups in total. The Hall–Kier alpha value is -2.28. The SMILES string of the molecule is Nc1nc2c(c(=O)[nH]1)CN(Cc1cc(F)cc(F)c1)CC2. The maximum absolute atomic E-state index is 13.2. The van der Waals surface area contributed by atoms with Gasteiger partial charge in [0.25, 0.3) is 5.56 Å². The number of hydrogen-bond acceptors (Lipinski definition) is 4. The molecule has 1 aromatic carbocycles. The lowest BCUT2D eigenvalue weighted by molar-refractivity contribution is 0.241. The smallest absolute Gasteiger partial charge is 0.257 e. The molecule has 7 heteroatoms. The van der Waals surface area contributed by atoms with Gasteiger partial charge in [-0.1, -0.05) is 0 Å². The minimum Gasteiger partial charge on any atom is -0.369 e. The first-order valence-electron chi connectivity index (χ1n) is 6.56. The number of nitrogens with two attached hydrogens (primary N) is 1. The average Bonchev–Trinajstić information content (AvgIpc) is 2.38. The van der Waals surface area contributed by atoms with E-state index in [0.717, 1.165) is 6.07 Å². The van der Waals surface area contributed by atoms with E-state index >= 15 is 0 Å². The topological polar surface area (TPSA) is 75.0 Å². The summed E-state index contributed by atoms with van der Waals surface area (Å²) >= 11 is 0. The molecule has 2 heterocycles. The van der Waals surface area contributed by atoms with Crippen LogP contribution < -0.4 is 11.3 Å². The van der Waals surface area contributed by atoms with Crippen LogP contribution in [0.4, 0.5) is 14.7 Å². The van der Waals surface area contributed by atoms with Crippen LogP contribution in [0.3, 0.4) is 0 Å². The summed E-state index contributed by atoms with van der Waals surface area (Å²) in [6, 6.07) is 3.43. The third-order valence-corrected chi connectivity index (χ3v) is 3.49. The van der Waals surface area contributed by atoms with Crippen LogP contribution in [0.2, 0.25) is 0 Å². The predicted octanol–water partition coefficient (Wildman–Crippen LogP) is 1.19. The Labute approximate surface area is 119 Å². The molecule has 0 atom stereocenters. The van der Waals surface area contributed by atoms with Gasteiger partial charge in [-0.15, -0.1) is 0 Å². The van der Waals surface area contributed by atoms with Crippen molar-refractivity contribution in [3.8, 4) is 0 Å². The molecule has 0 unspecified atom stereocenters. The third kappa shape index (κ3) is 2.92. The number of aromatic amines is 1. The molecule has 110 valence electrons. The maximum Gasteiger partial charge on any atom is 0.257 e. The van der Waals surface area contributed by atoms with Gasteiger partial charge in [-0.25, -0.2) is 13.8 Å². The van der Waals surface area contributed by atoms with E-state index < -0.39 is 11.6 Å². The summed E-state index contributed by atoms with van der Waals surface area (Å²) < 4.78 is 26.4. The lowest BCUT2D eigenvalue weighted by atomic mass is 10.1. The van der Waals surface area contributed by atoms with Crippen LogP contribution in [-0.2, 0) is 19.5 Å². The van der Waals surface area contributed by atoms with Crippen LogP contribution >= 0.6 is 0 Å². The quantitative estimate of drug-likeness (QED) is 0.872. The molecule has 21 heavy (non-hydrogen) atoms. The predicted molar refractivity (Wildman–Crippen MR) is 73.4 cm³/mol. The molecule has 0 spiro atoms. The number of nitrogen functional groups attached to an aromatic ring is 1. The van der Waals surface area contributed by atoms with Gasteiger partial charge < -0.3 is 5.73 Å². The van der Waals surface area contributed by atoms with E-state index in [1.54, 1.807) is 0 Å². The zero-order chi connectivity index (χ0) is 15.0. The van der Waals surface area contributed by atoms with Gasteiger partial charge >= 0.3 is 0 Å². The molecular formula is C14H14F2N4O. The van der Waals surface area contributed by atoms with Gasteiger partial charge in [0.2, 0.25) is 5.95 Å². The number of rotatable bonds is 2. The summed E-state index contributed by atoms with van der Waals surface area (Å²) in [5.74, 6) is -1.09. The first kappa shape index (κ1) is 13.7. The fourth-order valence-corrected chi connectivity index (χ4v) is 2.60. The van der Waals surface area contributed by atoms with Gasteiger partial charge in [0.05, 0.1) is 11.3 Å². The van der Waals surface area contributed by atoms with Crippen molar-refractivity contribution < 1.29 is 8.78 Å². The van der Waals surface area contributed by atoms with Crippen molar-refractivity contribution in [3.63, 3.8) is 0 Å². The normalized spacial score (nSPS) is 15.0. The molecule has 0 amide bonds. The number of aromatic nitrogens is 2. The number of fused-ring (bicyclic) bond motifs is 1. The van der Waals surface area contributed by atoms with Gasteiger partial charge in [-0.05, 0) is 17.7 Å². The molecule has 0 aliphatic carbocycles. The molecule has 5 nitrogen and oxygen atoms in total. The van der Waals surface area contributed by atoms with Crippen molar-refractivity contribution in [1.82, 2.24) is 14.9 Å². The van der Waals surface area contributed by atoms with Gasteiger partial charge in [0, 0.05) is 32.1 Å². The molecule has 1 aliphatic heterocycles. The average molecular weight is 292 g/mol.